The largest absolute Gasteiger partial charge is 0.497 e. The van der Waals surface area contributed by atoms with E-state index in [4.69, 9.17) is 9.47 Å². The minimum absolute atomic E-state index is 0.747. The van der Waals surface area contributed by atoms with Crippen molar-refractivity contribution < 1.29 is 9.47 Å². The van der Waals surface area contributed by atoms with E-state index < -0.39 is 0 Å². The lowest BCUT2D eigenvalue weighted by Crippen LogP contribution is -1.92. The van der Waals surface area contributed by atoms with Crippen molar-refractivity contribution in [2.24, 2.45) is 0 Å². The lowest BCUT2D eigenvalue weighted by Gasteiger charge is -2.08. The Morgan fingerprint density at radius 3 is 3.06 bits per heavy atom. The van der Waals surface area contributed by atoms with Gasteiger partial charge in [-0.05, 0) is 30.7 Å². The van der Waals surface area contributed by atoms with Crippen molar-refractivity contribution in [1.29, 1.82) is 0 Å². The van der Waals surface area contributed by atoms with E-state index in [1.807, 2.05) is 18.2 Å². The Balaban J connectivity index is 2.33. The van der Waals surface area contributed by atoms with Crippen LogP contribution in [0.3, 0.4) is 0 Å². The maximum atomic E-state index is 5.50. The summed E-state index contributed by atoms with van der Waals surface area (Å²) in [6.07, 6.45) is 0.960. The van der Waals surface area contributed by atoms with Gasteiger partial charge in [-0.2, -0.15) is 0 Å². The van der Waals surface area contributed by atoms with Gasteiger partial charge < -0.3 is 9.47 Å². The van der Waals surface area contributed by atoms with Gasteiger partial charge in [0.2, 0.25) is 5.88 Å². The molecule has 1 aromatic heterocycles. The molecule has 0 radical (unpaired) electrons. The van der Waals surface area contributed by atoms with Gasteiger partial charge in [0, 0.05) is 17.4 Å². The summed E-state index contributed by atoms with van der Waals surface area (Å²) in [7, 11) is 1.68. The molecular weight excluding hydrogens is 202 g/mol. The molecule has 0 amide bonds. The molecule has 3 nitrogen and oxygen atoms in total. The first-order valence-corrected chi connectivity index (χ1v) is 5.39. The van der Waals surface area contributed by atoms with Gasteiger partial charge in [-0.1, -0.05) is 0 Å². The third-order valence-electron chi connectivity index (χ3n) is 3.13. The minimum Gasteiger partial charge on any atom is -0.497 e. The molecule has 1 aliphatic rings. The van der Waals surface area contributed by atoms with E-state index in [2.05, 4.69) is 11.9 Å². The van der Waals surface area contributed by atoms with Gasteiger partial charge in [0.25, 0.3) is 0 Å². The van der Waals surface area contributed by atoms with Crippen LogP contribution in [0.4, 0.5) is 0 Å². The number of nitrogens with zero attached hydrogens (tertiary/aromatic N) is 1. The number of ether oxygens (including phenoxy) is 2. The number of hydrogen-bond acceptors (Lipinski definition) is 3. The monoisotopic (exact) mass is 215 g/mol. The van der Waals surface area contributed by atoms with Gasteiger partial charge in [-0.15, -0.1) is 0 Å². The predicted molar refractivity (Wildman–Crippen MR) is 62.2 cm³/mol. The molecule has 0 N–H and O–H groups in total. The number of methoxy groups -OCH3 is 1. The number of aryl methyl sites for hydroxylation is 1. The standard InChI is InChI=1S/C13H13NO2/c1-8-10-5-6-16-13(10)14-12-4-3-9(15-2)7-11(8)12/h3-4,7H,5-6H2,1-2H3. The average Bonchev–Trinajstić information content (AvgIpc) is 2.77. The molecule has 2 heterocycles. The fraction of sp³-hybridized carbons (Fsp3) is 0.308. The van der Waals surface area contributed by atoms with E-state index in [-0.39, 0.29) is 0 Å². The van der Waals surface area contributed by atoms with E-state index in [0.29, 0.717) is 0 Å². The van der Waals surface area contributed by atoms with E-state index >= 15 is 0 Å². The van der Waals surface area contributed by atoms with Gasteiger partial charge in [-0.3, -0.25) is 0 Å². The molecule has 1 aromatic carbocycles. The highest BCUT2D eigenvalue weighted by Gasteiger charge is 2.18. The number of aromatic nitrogens is 1. The van der Waals surface area contributed by atoms with E-state index in [1.165, 1.54) is 11.1 Å². The SMILES string of the molecule is COc1ccc2nc3c(c(C)c2c1)CCO3. The first kappa shape index (κ1) is 9.46. The summed E-state index contributed by atoms with van der Waals surface area (Å²) in [5, 5.41) is 1.16. The second-order valence-corrected chi connectivity index (χ2v) is 4.00. The Morgan fingerprint density at radius 1 is 1.38 bits per heavy atom. The number of fused-ring (bicyclic) bond motifs is 2. The first-order chi connectivity index (χ1) is 7.79. The molecule has 3 heteroatoms. The van der Waals surface area contributed by atoms with Crippen molar-refractivity contribution in [3.63, 3.8) is 0 Å². The number of pyridine rings is 1. The summed E-state index contributed by atoms with van der Waals surface area (Å²) >= 11 is 0. The van der Waals surface area contributed by atoms with Crippen molar-refractivity contribution in [2.75, 3.05) is 13.7 Å². The summed E-state index contributed by atoms with van der Waals surface area (Å²) in [4.78, 5) is 4.51. The predicted octanol–water partition coefficient (Wildman–Crippen LogP) is 2.49. The van der Waals surface area contributed by atoms with Crippen molar-refractivity contribution >= 4 is 10.9 Å². The molecule has 82 valence electrons. The van der Waals surface area contributed by atoms with Crippen molar-refractivity contribution in [3.05, 3.63) is 29.3 Å². The van der Waals surface area contributed by atoms with Gasteiger partial charge in [-0.25, -0.2) is 4.98 Å². The topological polar surface area (TPSA) is 31.4 Å². The normalized spacial score (nSPS) is 13.6. The molecule has 0 spiro atoms. The maximum absolute atomic E-state index is 5.50. The van der Waals surface area contributed by atoms with E-state index in [9.17, 15) is 0 Å². The summed E-state index contributed by atoms with van der Waals surface area (Å²) in [6, 6.07) is 5.94. The first-order valence-electron chi connectivity index (χ1n) is 5.39. The van der Waals surface area contributed by atoms with Crippen molar-refractivity contribution in [1.82, 2.24) is 4.98 Å². The molecule has 2 aromatic rings. The molecule has 0 fully saturated rings. The highest BCUT2D eigenvalue weighted by molar-refractivity contribution is 5.85. The van der Waals surface area contributed by atoms with Gasteiger partial charge in [0.1, 0.15) is 5.75 Å². The average molecular weight is 215 g/mol. The van der Waals surface area contributed by atoms with Crippen LogP contribution in [-0.4, -0.2) is 18.7 Å². The van der Waals surface area contributed by atoms with Gasteiger partial charge >= 0.3 is 0 Å². The van der Waals surface area contributed by atoms with Crippen LogP contribution in [0.15, 0.2) is 18.2 Å². The summed E-state index contributed by atoms with van der Waals surface area (Å²) in [6.45, 7) is 2.87. The zero-order valence-electron chi connectivity index (χ0n) is 9.41. The highest BCUT2D eigenvalue weighted by Crippen LogP contribution is 2.32. The fourth-order valence-corrected chi connectivity index (χ4v) is 2.20. The van der Waals surface area contributed by atoms with E-state index in [1.54, 1.807) is 7.11 Å². The van der Waals surface area contributed by atoms with Crippen LogP contribution in [0.1, 0.15) is 11.1 Å². The van der Waals surface area contributed by atoms with Crippen LogP contribution in [0, 0.1) is 6.92 Å². The third kappa shape index (κ3) is 1.24. The molecule has 0 saturated heterocycles. The minimum atomic E-state index is 0.747. The van der Waals surface area contributed by atoms with Crippen LogP contribution in [0.2, 0.25) is 0 Å². The van der Waals surface area contributed by atoms with Crippen LogP contribution in [0.25, 0.3) is 10.9 Å². The Labute approximate surface area is 94.0 Å². The Kier molecular flexibility index (Phi) is 1.99. The molecule has 0 aliphatic carbocycles. The maximum Gasteiger partial charge on any atom is 0.217 e. The molecular formula is C13H13NO2. The van der Waals surface area contributed by atoms with E-state index in [0.717, 1.165) is 35.6 Å². The van der Waals surface area contributed by atoms with Gasteiger partial charge in [0.05, 0.1) is 19.2 Å². The summed E-state index contributed by atoms with van der Waals surface area (Å²) < 4.78 is 10.7. The fourth-order valence-electron chi connectivity index (χ4n) is 2.20. The zero-order chi connectivity index (χ0) is 11.1. The molecule has 0 atom stereocenters. The quantitative estimate of drug-likeness (QED) is 0.732. The smallest absolute Gasteiger partial charge is 0.217 e. The lowest BCUT2D eigenvalue weighted by molar-refractivity contribution is 0.346. The highest BCUT2D eigenvalue weighted by atomic mass is 16.5. The molecule has 16 heavy (non-hydrogen) atoms. The molecule has 1 aliphatic heterocycles. The number of hydrogen-bond donors (Lipinski definition) is 0. The third-order valence-corrected chi connectivity index (χ3v) is 3.13. The zero-order valence-corrected chi connectivity index (χ0v) is 9.41. The Hall–Kier alpha value is -1.77. The molecule has 0 unspecified atom stereocenters. The number of rotatable bonds is 1. The molecule has 0 bridgehead atoms. The van der Waals surface area contributed by atoms with Crippen LogP contribution < -0.4 is 9.47 Å². The lowest BCUT2D eigenvalue weighted by atomic mass is 10.0. The van der Waals surface area contributed by atoms with Crippen molar-refractivity contribution in [2.45, 2.75) is 13.3 Å². The number of benzene rings is 1. The van der Waals surface area contributed by atoms with Gasteiger partial charge in [0.15, 0.2) is 0 Å². The second kappa shape index (κ2) is 3.37. The molecule has 0 saturated carbocycles. The van der Waals surface area contributed by atoms with Crippen LogP contribution >= 0.6 is 0 Å². The summed E-state index contributed by atoms with van der Waals surface area (Å²) in [5.74, 6) is 1.67. The summed E-state index contributed by atoms with van der Waals surface area (Å²) in [5.41, 5.74) is 3.47. The van der Waals surface area contributed by atoms with Crippen LogP contribution in [0.5, 0.6) is 11.6 Å². The second-order valence-electron chi connectivity index (χ2n) is 4.00. The Morgan fingerprint density at radius 2 is 2.25 bits per heavy atom. The van der Waals surface area contributed by atoms with Crippen molar-refractivity contribution in [3.8, 4) is 11.6 Å². The Bertz CT molecular complexity index is 563. The molecule has 3 rings (SSSR count). The van der Waals surface area contributed by atoms with Crippen LogP contribution in [-0.2, 0) is 6.42 Å².